The zero-order chi connectivity index (χ0) is 11.8. The molecule has 0 spiro atoms. The summed E-state index contributed by atoms with van der Waals surface area (Å²) in [6, 6.07) is 1.44. The van der Waals surface area contributed by atoms with Crippen LogP contribution in [0.5, 0.6) is 5.88 Å². The van der Waals surface area contributed by atoms with E-state index in [1.54, 1.807) is 6.08 Å². The van der Waals surface area contributed by atoms with Gasteiger partial charge in [0.15, 0.2) is 0 Å². The molecule has 4 heteroatoms. The number of hydrogen-bond acceptors (Lipinski definition) is 3. The van der Waals surface area contributed by atoms with Crippen LogP contribution in [-0.4, -0.2) is 18.1 Å². The van der Waals surface area contributed by atoms with Crippen LogP contribution in [0.4, 0.5) is 4.39 Å². The van der Waals surface area contributed by atoms with Gasteiger partial charge in [-0.3, -0.25) is 0 Å². The third-order valence-corrected chi connectivity index (χ3v) is 2.02. The molecule has 0 saturated carbocycles. The molecule has 0 saturated heterocycles. The third-order valence-electron chi connectivity index (χ3n) is 2.02. The van der Waals surface area contributed by atoms with Crippen molar-refractivity contribution in [3.05, 3.63) is 36.3 Å². The molecule has 1 rings (SSSR count). The van der Waals surface area contributed by atoms with Crippen molar-refractivity contribution in [2.75, 3.05) is 13.2 Å². The number of nitrogens with zero attached hydrogens (tertiary/aromatic N) is 1. The minimum Gasteiger partial charge on any atom is -0.477 e. The summed E-state index contributed by atoms with van der Waals surface area (Å²) in [5.41, 5.74) is 0.742. The summed E-state index contributed by atoms with van der Waals surface area (Å²) in [6.45, 7) is 7.49. The zero-order valence-corrected chi connectivity index (χ0v) is 9.50. The molecule has 0 amide bonds. The molecule has 0 fully saturated rings. The van der Waals surface area contributed by atoms with Crippen molar-refractivity contribution < 1.29 is 9.13 Å². The van der Waals surface area contributed by atoms with Gasteiger partial charge in [-0.15, -0.1) is 6.58 Å². The average molecular weight is 224 g/mol. The van der Waals surface area contributed by atoms with Gasteiger partial charge in [-0.25, -0.2) is 9.37 Å². The van der Waals surface area contributed by atoms with Crippen molar-refractivity contribution >= 4 is 0 Å². The van der Waals surface area contributed by atoms with E-state index in [0.717, 1.165) is 18.5 Å². The average Bonchev–Trinajstić information content (AvgIpc) is 2.29. The molecule has 1 aromatic rings. The van der Waals surface area contributed by atoms with Crippen LogP contribution in [0.3, 0.4) is 0 Å². The van der Waals surface area contributed by atoms with E-state index in [9.17, 15) is 4.39 Å². The lowest BCUT2D eigenvalue weighted by atomic mass is 10.2. The van der Waals surface area contributed by atoms with E-state index in [0.29, 0.717) is 19.0 Å². The van der Waals surface area contributed by atoms with E-state index in [4.69, 9.17) is 4.74 Å². The third kappa shape index (κ3) is 3.98. The van der Waals surface area contributed by atoms with Gasteiger partial charge >= 0.3 is 0 Å². The minimum absolute atomic E-state index is 0.344. The molecule has 0 radical (unpaired) electrons. The molecule has 0 aliphatic heterocycles. The van der Waals surface area contributed by atoms with Crippen molar-refractivity contribution in [2.45, 2.75) is 19.9 Å². The van der Waals surface area contributed by atoms with Crippen LogP contribution in [-0.2, 0) is 6.54 Å². The Hall–Kier alpha value is -1.42. The van der Waals surface area contributed by atoms with Gasteiger partial charge < -0.3 is 10.1 Å². The largest absolute Gasteiger partial charge is 0.477 e. The van der Waals surface area contributed by atoms with Crippen LogP contribution >= 0.6 is 0 Å². The molecule has 1 aromatic heterocycles. The highest BCUT2D eigenvalue weighted by Crippen LogP contribution is 2.16. The Bertz CT molecular complexity index is 342. The first-order valence-corrected chi connectivity index (χ1v) is 5.36. The van der Waals surface area contributed by atoms with E-state index in [2.05, 4.69) is 16.9 Å². The molecule has 0 unspecified atom stereocenters. The Morgan fingerprint density at radius 1 is 1.62 bits per heavy atom. The molecule has 16 heavy (non-hydrogen) atoms. The van der Waals surface area contributed by atoms with Crippen molar-refractivity contribution in [1.82, 2.24) is 10.3 Å². The SMILES string of the molecule is C=CCCOc1ncc(F)cc1CNCC. The maximum atomic E-state index is 13.0. The van der Waals surface area contributed by atoms with Gasteiger partial charge in [0.1, 0.15) is 5.82 Å². The van der Waals surface area contributed by atoms with E-state index in [-0.39, 0.29) is 5.82 Å². The summed E-state index contributed by atoms with van der Waals surface area (Å²) in [5, 5.41) is 3.12. The van der Waals surface area contributed by atoms with Gasteiger partial charge in [-0.1, -0.05) is 13.0 Å². The van der Waals surface area contributed by atoms with Crippen LogP contribution in [0, 0.1) is 5.82 Å². The molecule has 0 atom stereocenters. The first-order valence-electron chi connectivity index (χ1n) is 5.36. The number of ether oxygens (including phenoxy) is 1. The summed E-state index contributed by atoms with van der Waals surface area (Å²) in [4.78, 5) is 3.93. The predicted molar refractivity (Wildman–Crippen MR) is 61.9 cm³/mol. The van der Waals surface area contributed by atoms with Gasteiger partial charge in [0, 0.05) is 12.1 Å². The Kier molecular flexibility index (Phi) is 5.50. The Balaban J connectivity index is 2.68. The van der Waals surface area contributed by atoms with Gasteiger partial charge in [-0.05, 0) is 19.0 Å². The molecular formula is C12H17FN2O. The van der Waals surface area contributed by atoms with Gasteiger partial charge in [0.25, 0.3) is 0 Å². The van der Waals surface area contributed by atoms with E-state index in [1.807, 2.05) is 6.92 Å². The van der Waals surface area contributed by atoms with Gasteiger partial charge in [-0.2, -0.15) is 0 Å². The minimum atomic E-state index is -0.344. The summed E-state index contributed by atoms with van der Waals surface area (Å²) in [6.07, 6.45) is 3.69. The highest BCUT2D eigenvalue weighted by Gasteiger charge is 2.06. The fourth-order valence-electron chi connectivity index (χ4n) is 1.22. The maximum absolute atomic E-state index is 13.0. The lowest BCUT2D eigenvalue weighted by Crippen LogP contribution is -2.14. The number of aromatic nitrogens is 1. The predicted octanol–water partition coefficient (Wildman–Crippen LogP) is 2.29. The lowest BCUT2D eigenvalue weighted by Gasteiger charge is -2.09. The molecular weight excluding hydrogens is 207 g/mol. The van der Waals surface area contributed by atoms with Crippen LogP contribution < -0.4 is 10.1 Å². The number of halogens is 1. The molecule has 1 heterocycles. The first-order chi connectivity index (χ1) is 7.77. The van der Waals surface area contributed by atoms with Crippen molar-refractivity contribution in [3.8, 4) is 5.88 Å². The molecule has 0 aliphatic carbocycles. The van der Waals surface area contributed by atoms with Crippen LogP contribution in [0.15, 0.2) is 24.9 Å². The van der Waals surface area contributed by atoms with Gasteiger partial charge in [0.05, 0.1) is 12.8 Å². The van der Waals surface area contributed by atoms with Crippen LogP contribution in [0.2, 0.25) is 0 Å². The number of pyridine rings is 1. The second-order valence-electron chi connectivity index (χ2n) is 3.32. The fraction of sp³-hybridized carbons (Fsp3) is 0.417. The summed E-state index contributed by atoms with van der Waals surface area (Å²) < 4.78 is 18.4. The van der Waals surface area contributed by atoms with Crippen LogP contribution in [0.1, 0.15) is 18.9 Å². The quantitative estimate of drug-likeness (QED) is 0.570. The first kappa shape index (κ1) is 12.6. The number of rotatable bonds is 7. The molecule has 88 valence electrons. The topological polar surface area (TPSA) is 34.1 Å². The normalized spacial score (nSPS) is 10.1. The number of nitrogens with one attached hydrogen (secondary N) is 1. The highest BCUT2D eigenvalue weighted by molar-refractivity contribution is 5.26. The highest BCUT2D eigenvalue weighted by atomic mass is 19.1. The molecule has 3 nitrogen and oxygen atoms in total. The van der Waals surface area contributed by atoms with Gasteiger partial charge in [0.2, 0.25) is 5.88 Å². The maximum Gasteiger partial charge on any atom is 0.218 e. The van der Waals surface area contributed by atoms with Crippen molar-refractivity contribution in [2.24, 2.45) is 0 Å². The molecule has 0 aliphatic rings. The second kappa shape index (κ2) is 6.95. The van der Waals surface area contributed by atoms with Crippen LogP contribution in [0.25, 0.3) is 0 Å². The zero-order valence-electron chi connectivity index (χ0n) is 9.50. The summed E-state index contributed by atoms with van der Waals surface area (Å²) >= 11 is 0. The Morgan fingerprint density at radius 2 is 2.44 bits per heavy atom. The fourth-order valence-corrected chi connectivity index (χ4v) is 1.22. The van der Waals surface area contributed by atoms with E-state index >= 15 is 0 Å². The second-order valence-corrected chi connectivity index (χ2v) is 3.32. The van der Waals surface area contributed by atoms with E-state index < -0.39 is 0 Å². The summed E-state index contributed by atoms with van der Waals surface area (Å²) in [7, 11) is 0. The van der Waals surface area contributed by atoms with Crippen molar-refractivity contribution in [3.63, 3.8) is 0 Å². The van der Waals surface area contributed by atoms with E-state index in [1.165, 1.54) is 12.3 Å². The Labute approximate surface area is 95.3 Å². The molecule has 0 aromatic carbocycles. The monoisotopic (exact) mass is 224 g/mol. The smallest absolute Gasteiger partial charge is 0.218 e. The number of hydrogen-bond donors (Lipinski definition) is 1. The van der Waals surface area contributed by atoms with Crippen molar-refractivity contribution in [1.29, 1.82) is 0 Å². The molecule has 0 bridgehead atoms. The summed E-state index contributed by atoms with van der Waals surface area (Å²) in [5.74, 6) is 0.146. The lowest BCUT2D eigenvalue weighted by molar-refractivity contribution is 0.307. The standard InChI is InChI=1S/C12H17FN2O/c1-3-5-6-16-12-10(8-14-4-2)7-11(13)9-15-12/h3,7,9,14H,1,4-6,8H2,2H3. The molecule has 1 N–H and O–H groups in total. The Morgan fingerprint density at radius 3 is 3.12 bits per heavy atom.